The molecule has 2 aliphatic heterocycles. The Balaban J connectivity index is 1.61. The first-order chi connectivity index (χ1) is 9.66. The number of likely N-dealkylation sites (tertiary alicyclic amines) is 1. The van der Waals surface area contributed by atoms with Crippen molar-refractivity contribution in [1.82, 2.24) is 4.90 Å². The molecule has 116 valence electrons. The topological polar surface area (TPSA) is 64.8 Å². The van der Waals surface area contributed by atoms with Gasteiger partial charge in [-0.25, -0.2) is 0 Å². The smallest absolute Gasteiger partial charge is 0.224 e. The zero-order valence-corrected chi connectivity index (χ0v) is 12.6. The van der Waals surface area contributed by atoms with Crippen molar-refractivity contribution in [3.8, 4) is 0 Å². The van der Waals surface area contributed by atoms with Crippen LogP contribution in [0.5, 0.6) is 0 Å². The Labute approximate surface area is 121 Å². The average Bonchev–Trinajstić information content (AvgIpc) is 2.96. The normalized spacial score (nSPS) is 28.6. The van der Waals surface area contributed by atoms with Crippen LogP contribution in [0, 0.1) is 5.92 Å². The quantitative estimate of drug-likeness (QED) is 0.743. The van der Waals surface area contributed by atoms with Gasteiger partial charge in [0.15, 0.2) is 0 Å². The largest absolute Gasteiger partial charge is 0.378 e. The second-order valence-electron chi connectivity index (χ2n) is 6.06. The molecule has 0 aliphatic carbocycles. The van der Waals surface area contributed by atoms with Crippen molar-refractivity contribution in [2.24, 2.45) is 11.7 Å². The Bertz CT molecular complexity index is 303. The average molecular weight is 284 g/mol. The fourth-order valence-electron chi connectivity index (χ4n) is 2.97. The molecule has 2 N–H and O–H groups in total. The molecule has 2 aliphatic rings. The van der Waals surface area contributed by atoms with Gasteiger partial charge >= 0.3 is 0 Å². The van der Waals surface area contributed by atoms with Gasteiger partial charge in [0.2, 0.25) is 5.91 Å². The minimum Gasteiger partial charge on any atom is -0.378 e. The highest BCUT2D eigenvalue weighted by Gasteiger charge is 2.25. The van der Waals surface area contributed by atoms with Crippen LogP contribution in [-0.4, -0.2) is 55.9 Å². The molecule has 5 nitrogen and oxygen atoms in total. The lowest BCUT2D eigenvalue weighted by molar-refractivity contribution is -0.134. The molecular formula is C15H28N2O3. The van der Waals surface area contributed by atoms with E-state index in [1.807, 2.05) is 11.8 Å². The van der Waals surface area contributed by atoms with E-state index < -0.39 is 0 Å². The summed E-state index contributed by atoms with van der Waals surface area (Å²) in [6.45, 7) is 5.67. The molecule has 2 rings (SSSR count). The summed E-state index contributed by atoms with van der Waals surface area (Å²) in [6.07, 6.45) is 5.11. The van der Waals surface area contributed by atoms with Gasteiger partial charge in [0.25, 0.3) is 0 Å². The summed E-state index contributed by atoms with van der Waals surface area (Å²) in [5, 5.41) is 0. The highest BCUT2D eigenvalue weighted by molar-refractivity contribution is 5.76. The minimum atomic E-state index is 0.168. The van der Waals surface area contributed by atoms with E-state index in [0.29, 0.717) is 25.6 Å². The Hall–Kier alpha value is -0.650. The van der Waals surface area contributed by atoms with Crippen molar-refractivity contribution in [2.75, 3.05) is 32.9 Å². The summed E-state index contributed by atoms with van der Waals surface area (Å²) in [4.78, 5) is 14.1. The van der Waals surface area contributed by atoms with Gasteiger partial charge in [-0.2, -0.15) is 0 Å². The maximum absolute atomic E-state index is 12.1. The van der Waals surface area contributed by atoms with Crippen LogP contribution in [-0.2, 0) is 14.3 Å². The van der Waals surface area contributed by atoms with Crippen LogP contribution in [0.4, 0.5) is 0 Å². The number of carbonyl (C=O) groups excluding carboxylic acids is 1. The van der Waals surface area contributed by atoms with E-state index in [0.717, 1.165) is 45.4 Å². The SMILES string of the molecule is CC(N)C1CCCN(C(=O)CCOCC2CCCO2)C1. The van der Waals surface area contributed by atoms with Crippen LogP contribution in [0.3, 0.4) is 0 Å². The lowest BCUT2D eigenvalue weighted by atomic mass is 9.92. The van der Waals surface area contributed by atoms with Crippen LogP contribution in [0.15, 0.2) is 0 Å². The lowest BCUT2D eigenvalue weighted by Gasteiger charge is -2.34. The van der Waals surface area contributed by atoms with E-state index in [1.54, 1.807) is 0 Å². The fraction of sp³-hybridized carbons (Fsp3) is 0.933. The molecule has 0 bridgehead atoms. The number of amides is 1. The summed E-state index contributed by atoms with van der Waals surface area (Å²) in [7, 11) is 0. The molecule has 2 fully saturated rings. The molecule has 2 saturated heterocycles. The Morgan fingerprint density at radius 1 is 1.45 bits per heavy atom. The van der Waals surface area contributed by atoms with Gasteiger partial charge < -0.3 is 20.1 Å². The highest BCUT2D eigenvalue weighted by Crippen LogP contribution is 2.19. The number of hydrogen-bond donors (Lipinski definition) is 1. The highest BCUT2D eigenvalue weighted by atomic mass is 16.5. The van der Waals surface area contributed by atoms with Crippen LogP contribution >= 0.6 is 0 Å². The van der Waals surface area contributed by atoms with Crippen molar-refractivity contribution in [3.63, 3.8) is 0 Å². The van der Waals surface area contributed by atoms with E-state index in [4.69, 9.17) is 15.2 Å². The van der Waals surface area contributed by atoms with E-state index in [2.05, 4.69) is 0 Å². The molecule has 0 aromatic rings. The molecule has 1 amide bonds. The van der Waals surface area contributed by atoms with E-state index in [9.17, 15) is 4.79 Å². The molecule has 5 heteroatoms. The first-order valence-corrected chi connectivity index (χ1v) is 7.89. The van der Waals surface area contributed by atoms with Gasteiger partial charge in [-0.05, 0) is 38.5 Å². The Morgan fingerprint density at radius 3 is 3.00 bits per heavy atom. The molecule has 3 atom stereocenters. The Kier molecular flexibility index (Phi) is 6.26. The maximum atomic E-state index is 12.1. The van der Waals surface area contributed by atoms with Gasteiger partial charge in [0, 0.05) is 25.7 Å². The maximum Gasteiger partial charge on any atom is 0.224 e. The molecule has 0 aromatic carbocycles. The third kappa shape index (κ3) is 4.72. The van der Waals surface area contributed by atoms with Crippen LogP contribution in [0.2, 0.25) is 0 Å². The van der Waals surface area contributed by atoms with Gasteiger partial charge in [-0.1, -0.05) is 0 Å². The second kappa shape index (κ2) is 7.96. The third-order valence-electron chi connectivity index (χ3n) is 4.34. The number of ether oxygens (including phenoxy) is 2. The van der Waals surface area contributed by atoms with Crippen LogP contribution in [0.1, 0.15) is 39.0 Å². The van der Waals surface area contributed by atoms with Crippen LogP contribution < -0.4 is 5.73 Å². The predicted octanol–water partition coefficient (Wildman–Crippen LogP) is 1.16. The zero-order valence-electron chi connectivity index (χ0n) is 12.6. The molecule has 0 saturated carbocycles. The molecule has 2 heterocycles. The molecular weight excluding hydrogens is 256 g/mol. The van der Waals surface area contributed by atoms with Gasteiger partial charge in [0.1, 0.15) is 0 Å². The van der Waals surface area contributed by atoms with Crippen molar-refractivity contribution < 1.29 is 14.3 Å². The first-order valence-electron chi connectivity index (χ1n) is 7.89. The number of nitrogens with two attached hydrogens (primary N) is 1. The minimum absolute atomic E-state index is 0.168. The van der Waals surface area contributed by atoms with Gasteiger partial charge in [0.05, 0.1) is 25.7 Å². The van der Waals surface area contributed by atoms with Gasteiger partial charge in [-0.3, -0.25) is 4.79 Å². The summed E-state index contributed by atoms with van der Waals surface area (Å²) < 4.78 is 11.0. The number of nitrogens with zero attached hydrogens (tertiary/aromatic N) is 1. The molecule has 0 spiro atoms. The summed E-state index contributed by atoms with van der Waals surface area (Å²) in [6, 6.07) is 0.168. The summed E-state index contributed by atoms with van der Waals surface area (Å²) in [5.74, 6) is 0.642. The number of hydrogen-bond acceptors (Lipinski definition) is 4. The lowest BCUT2D eigenvalue weighted by Crippen LogP contribution is -2.45. The standard InChI is InChI=1S/C15H28N2O3/c1-12(16)13-4-2-7-17(10-13)15(18)6-9-19-11-14-5-3-8-20-14/h12-14H,2-11,16H2,1H3. The van der Waals surface area contributed by atoms with Crippen molar-refractivity contribution >= 4 is 5.91 Å². The predicted molar refractivity (Wildman–Crippen MR) is 77.4 cm³/mol. The molecule has 20 heavy (non-hydrogen) atoms. The van der Waals surface area contributed by atoms with Crippen molar-refractivity contribution in [2.45, 2.75) is 51.2 Å². The number of piperidine rings is 1. The van der Waals surface area contributed by atoms with E-state index in [-0.39, 0.29) is 18.1 Å². The van der Waals surface area contributed by atoms with Crippen molar-refractivity contribution in [1.29, 1.82) is 0 Å². The van der Waals surface area contributed by atoms with Crippen molar-refractivity contribution in [3.05, 3.63) is 0 Å². The number of carbonyl (C=O) groups is 1. The van der Waals surface area contributed by atoms with Gasteiger partial charge in [-0.15, -0.1) is 0 Å². The summed E-state index contributed by atoms with van der Waals surface area (Å²) in [5.41, 5.74) is 5.94. The third-order valence-corrected chi connectivity index (χ3v) is 4.34. The number of rotatable bonds is 6. The monoisotopic (exact) mass is 284 g/mol. The van der Waals surface area contributed by atoms with E-state index >= 15 is 0 Å². The fourth-order valence-corrected chi connectivity index (χ4v) is 2.97. The molecule has 0 radical (unpaired) electrons. The van der Waals surface area contributed by atoms with E-state index in [1.165, 1.54) is 0 Å². The molecule has 3 unspecified atom stereocenters. The first kappa shape index (κ1) is 15.7. The van der Waals surface area contributed by atoms with Crippen LogP contribution in [0.25, 0.3) is 0 Å². The second-order valence-corrected chi connectivity index (χ2v) is 6.06. The zero-order chi connectivity index (χ0) is 14.4. The Morgan fingerprint density at radius 2 is 2.30 bits per heavy atom. The summed E-state index contributed by atoms with van der Waals surface area (Å²) >= 11 is 0. The molecule has 0 aromatic heterocycles.